The van der Waals surface area contributed by atoms with Crippen molar-refractivity contribution in [3.05, 3.63) is 46.2 Å². The Morgan fingerprint density at radius 1 is 1.11 bits per heavy atom. The van der Waals surface area contributed by atoms with E-state index in [0.29, 0.717) is 25.2 Å². The number of para-hydroxylation sites is 1. The summed E-state index contributed by atoms with van der Waals surface area (Å²) < 4.78 is 0. The summed E-state index contributed by atoms with van der Waals surface area (Å²) in [6.45, 7) is 1.30. The Bertz CT molecular complexity index is 589. The van der Waals surface area contributed by atoms with E-state index < -0.39 is 0 Å². The van der Waals surface area contributed by atoms with E-state index in [4.69, 9.17) is 10.2 Å². The molecule has 102 valence electrons. The molecule has 5 heteroatoms. The molecule has 5 nitrogen and oxygen atoms in total. The van der Waals surface area contributed by atoms with Crippen molar-refractivity contribution in [3.63, 3.8) is 0 Å². The van der Waals surface area contributed by atoms with Crippen LogP contribution < -0.4 is 5.56 Å². The molecule has 0 fully saturated rings. The number of hydrogen-bond acceptors (Lipinski definition) is 4. The van der Waals surface area contributed by atoms with Crippen LogP contribution in [-0.4, -0.2) is 46.4 Å². The van der Waals surface area contributed by atoms with E-state index in [1.165, 1.54) is 0 Å². The molecule has 2 aromatic rings. The molecule has 0 atom stereocenters. The molecule has 2 rings (SSSR count). The number of nitrogens with one attached hydrogen (secondary N) is 1. The summed E-state index contributed by atoms with van der Waals surface area (Å²) in [6, 6.07) is 9.46. The van der Waals surface area contributed by atoms with Gasteiger partial charge in [-0.2, -0.15) is 0 Å². The minimum atomic E-state index is -0.125. The Morgan fingerprint density at radius 2 is 1.79 bits per heavy atom. The van der Waals surface area contributed by atoms with Crippen molar-refractivity contribution >= 4 is 10.9 Å². The van der Waals surface area contributed by atoms with E-state index in [2.05, 4.69) is 4.98 Å². The number of benzene rings is 1. The summed E-state index contributed by atoms with van der Waals surface area (Å²) in [6.07, 6.45) is 0. The number of aromatic amines is 1. The number of rotatable bonds is 6. The van der Waals surface area contributed by atoms with E-state index in [1.807, 2.05) is 35.2 Å². The van der Waals surface area contributed by atoms with E-state index in [1.54, 1.807) is 0 Å². The lowest BCUT2D eigenvalue weighted by Crippen LogP contribution is -2.31. The first kappa shape index (κ1) is 13.7. The molecule has 0 bridgehead atoms. The van der Waals surface area contributed by atoms with E-state index in [9.17, 15) is 4.79 Å². The first-order valence-electron chi connectivity index (χ1n) is 6.29. The normalized spacial score (nSPS) is 11.3. The van der Waals surface area contributed by atoms with Crippen LogP contribution in [0.4, 0.5) is 0 Å². The summed E-state index contributed by atoms with van der Waals surface area (Å²) in [5.74, 6) is 0. The van der Waals surface area contributed by atoms with Crippen LogP contribution in [0.5, 0.6) is 0 Å². The molecular formula is C14H18N2O3. The molecule has 0 saturated heterocycles. The molecular weight excluding hydrogens is 244 g/mol. The van der Waals surface area contributed by atoms with Crippen LogP contribution >= 0.6 is 0 Å². The Hall–Kier alpha value is -1.69. The smallest absolute Gasteiger partial charge is 0.252 e. The summed E-state index contributed by atoms with van der Waals surface area (Å²) in [5.41, 5.74) is 1.33. The lowest BCUT2D eigenvalue weighted by Gasteiger charge is -2.19. The van der Waals surface area contributed by atoms with Gasteiger partial charge in [0.2, 0.25) is 0 Å². The molecule has 0 aliphatic heterocycles. The van der Waals surface area contributed by atoms with Gasteiger partial charge in [-0.1, -0.05) is 18.2 Å². The van der Waals surface area contributed by atoms with Crippen LogP contribution in [0.1, 0.15) is 5.56 Å². The fourth-order valence-corrected chi connectivity index (χ4v) is 2.10. The number of aliphatic hydroxyl groups excluding tert-OH is 2. The second kappa shape index (κ2) is 6.47. The van der Waals surface area contributed by atoms with Crippen molar-refractivity contribution in [3.8, 4) is 0 Å². The van der Waals surface area contributed by atoms with Gasteiger partial charge in [0.1, 0.15) is 0 Å². The Kier molecular flexibility index (Phi) is 4.68. The van der Waals surface area contributed by atoms with Crippen LogP contribution in [0, 0.1) is 0 Å². The zero-order valence-electron chi connectivity index (χ0n) is 10.7. The van der Waals surface area contributed by atoms with Gasteiger partial charge in [0.25, 0.3) is 5.56 Å². The number of aliphatic hydroxyl groups is 2. The van der Waals surface area contributed by atoms with Gasteiger partial charge in [0.15, 0.2) is 0 Å². The minimum absolute atomic E-state index is 0.00544. The Labute approximate surface area is 111 Å². The van der Waals surface area contributed by atoms with Crippen molar-refractivity contribution in [1.29, 1.82) is 0 Å². The zero-order valence-corrected chi connectivity index (χ0v) is 10.7. The molecule has 19 heavy (non-hydrogen) atoms. The minimum Gasteiger partial charge on any atom is -0.395 e. The topological polar surface area (TPSA) is 76.6 Å². The maximum absolute atomic E-state index is 12.0. The SMILES string of the molecule is O=c1[nH]c2ccccc2cc1CN(CCO)CCO. The number of nitrogens with zero attached hydrogens (tertiary/aromatic N) is 1. The van der Waals surface area contributed by atoms with Gasteiger partial charge < -0.3 is 15.2 Å². The molecule has 0 amide bonds. The van der Waals surface area contributed by atoms with Crippen molar-refractivity contribution in [1.82, 2.24) is 9.88 Å². The van der Waals surface area contributed by atoms with Crippen molar-refractivity contribution < 1.29 is 10.2 Å². The first-order valence-corrected chi connectivity index (χ1v) is 6.29. The summed E-state index contributed by atoms with van der Waals surface area (Å²) in [4.78, 5) is 16.7. The third-order valence-corrected chi connectivity index (χ3v) is 3.06. The largest absolute Gasteiger partial charge is 0.395 e. The lowest BCUT2D eigenvalue weighted by atomic mass is 10.1. The molecule has 0 spiro atoms. The predicted octanol–water partition coefficient (Wildman–Crippen LogP) is 0.315. The highest BCUT2D eigenvalue weighted by Crippen LogP contribution is 2.11. The molecule has 1 aromatic carbocycles. The van der Waals surface area contributed by atoms with Gasteiger partial charge in [-0.3, -0.25) is 9.69 Å². The molecule has 0 aliphatic carbocycles. The molecule has 0 saturated carbocycles. The second-order valence-electron chi connectivity index (χ2n) is 4.43. The first-order chi connectivity index (χ1) is 9.24. The van der Waals surface area contributed by atoms with Gasteiger partial charge in [-0.25, -0.2) is 0 Å². The number of H-pyrrole nitrogens is 1. The molecule has 0 aliphatic rings. The van der Waals surface area contributed by atoms with Gasteiger partial charge in [-0.05, 0) is 17.5 Å². The van der Waals surface area contributed by atoms with Crippen molar-refractivity contribution in [2.75, 3.05) is 26.3 Å². The molecule has 1 aromatic heterocycles. The summed E-state index contributed by atoms with van der Waals surface area (Å²) >= 11 is 0. The molecule has 0 unspecified atom stereocenters. The number of hydrogen-bond donors (Lipinski definition) is 3. The highest BCUT2D eigenvalue weighted by atomic mass is 16.3. The van der Waals surface area contributed by atoms with Gasteiger partial charge in [-0.15, -0.1) is 0 Å². The zero-order chi connectivity index (χ0) is 13.7. The van der Waals surface area contributed by atoms with Crippen LogP contribution in [0.15, 0.2) is 35.1 Å². The second-order valence-corrected chi connectivity index (χ2v) is 4.43. The highest BCUT2D eigenvalue weighted by molar-refractivity contribution is 5.78. The van der Waals surface area contributed by atoms with E-state index >= 15 is 0 Å². The molecule has 1 heterocycles. The number of pyridine rings is 1. The van der Waals surface area contributed by atoms with Crippen LogP contribution in [0.2, 0.25) is 0 Å². The van der Waals surface area contributed by atoms with Crippen LogP contribution in [-0.2, 0) is 6.54 Å². The van der Waals surface area contributed by atoms with Crippen molar-refractivity contribution in [2.24, 2.45) is 0 Å². The molecule has 0 radical (unpaired) electrons. The molecule has 3 N–H and O–H groups in total. The van der Waals surface area contributed by atoms with Crippen molar-refractivity contribution in [2.45, 2.75) is 6.54 Å². The third kappa shape index (κ3) is 3.41. The van der Waals surface area contributed by atoms with Crippen LogP contribution in [0.25, 0.3) is 10.9 Å². The van der Waals surface area contributed by atoms with E-state index in [0.717, 1.165) is 10.9 Å². The summed E-state index contributed by atoms with van der Waals surface area (Å²) in [5, 5.41) is 18.9. The predicted molar refractivity (Wildman–Crippen MR) is 74.0 cm³/mol. The number of aromatic nitrogens is 1. The average molecular weight is 262 g/mol. The average Bonchev–Trinajstić information content (AvgIpc) is 2.40. The van der Waals surface area contributed by atoms with Gasteiger partial charge in [0.05, 0.1) is 13.2 Å². The Morgan fingerprint density at radius 3 is 2.47 bits per heavy atom. The standard InChI is InChI=1S/C14H18N2O3/c17-7-5-16(6-8-18)10-12-9-11-3-1-2-4-13(11)15-14(12)19/h1-4,9,17-18H,5-8,10H2,(H,15,19). The Balaban J connectivity index is 2.28. The van der Waals surface area contributed by atoms with E-state index in [-0.39, 0.29) is 18.8 Å². The van der Waals surface area contributed by atoms with Crippen LogP contribution in [0.3, 0.4) is 0 Å². The quantitative estimate of drug-likeness (QED) is 0.700. The van der Waals surface area contributed by atoms with Gasteiger partial charge >= 0.3 is 0 Å². The van der Waals surface area contributed by atoms with Gasteiger partial charge in [0, 0.05) is 30.7 Å². The third-order valence-electron chi connectivity index (χ3n) is 3.06. The summed E-state index contributed by atoms with van der Waals surface area (Å²) in [7, 11) is 0. The highest BCUT2D eigenvalue weighted by Gasteiger charge is 2.08. The fraction of sp³-hybridized carbons (Fsp3) is 0.357. The monoisotopic (exact) mass is 262 g/mol. The maximum Gasteiger partial charge on any atom is 0.252 e. The fourth-order valence-electron chi connectivity index (χ4n) is 2.10. The maximum atomic E-state index is 12.0. The lowest BCUT2D eigenvalue weighted by molar-refractivity contribution is 0.155. The number of fused-ring (bicyclic) bond motifs is 1.